The maximum Gasteiger partial charge on any atom is 0.248 e. The zero-order valence-corrected chi connectivity index (χ0v) is 9.91. The highest BCUT2D eigenvalue weighted by molar-refractivity contribution is 5.93. The lowest BCUT2D eigenvalue weighted by molar-refractivity contribution is -0.119. The second-order valence-corrected chi connectivity index (χ2v) is 3.87. The van der Waals surface area contributed by atoms with Gasteiger partial charge in [0.05, 0.1) is 0 Å². The van der Waals surface area contributed by atoms with E-state index in [9.17, 15) is 9.59 Å². The van der Waals surface area contributed by atoms with E-state index in [1.807, 2.05) is 30.3 Å². The molecule has 2 aromatic rings. The van der Waals surface area contributed by atoms with Crippen LogP contribution in [-0.4, -0.2) is 22.0 Å². The van der Waals surface area contributed by atoms with E-state index < -0.39 is 6.04 Å². The number of hydrogen-bond acceptors (Lipinski definition) is 3. The van der Waals surface area contributed by atoms with Crippen molar-refractivity contribution in [3.05, 3.63) is 48.3 Å². The van der Waals surface area contributed by atoms with Crippen LogP contribution in [0.5, 0.6) is 0 Å². The molecular weight excluding hydrogens is 230 g/mol. The summed E-state index contributed by atoms with van der Waals surface area (Å²) in [4.78, 5) is 22.5. The van der Waals surface area contributed by atoms with Gasteiger partial charge >= 0.3 is 0 Å². The molecule has 1 heterocycles. The number of para-hydroxylation sites is 1. The summed E-state index contributed by atoms with van der Waals surface area (Å²) in [6.45, 7) is 1.72. The highest BCUT2D eigenvalue weighted by atomic mass is 16.2. The standard InChI is InChI=1S/C13H13N3O2/c1-10(16-8-7-12(9-17)15-16)13(18)14-11-5-3-2-4-6-11/h2-10H,1H3,(H,14,18). The zero-order chi connectivity index (χ0) is 13.0. The molecular formula is C13H13N3O2. The minimum Gasteiger partial charge on any atom is -0.324 e. The zero-order valence-electron chi connectivity index (χ0n) is 9.91. The predicted octanol–water partition coefficient (Wildman–Crippen LogP) is 1.90. The summed E-state index contributed by atoms with van der Waals surface area (Å²) >= 11 is 0. The molecule has 0 aliphatic carbocycles. The average Bonchev–Trinajstić information content (AvgIpc) is 2.87. The molecule has 1 aromatic carbocycles. The second-order valence-electron chi connectivity index (χ2n) is 3.87. The summed E-state index contributed by atoms with van der Waals surface area (Å²) in [5, 5.41) is 6.76. The first kappa shape index (κ1) is 12.0. The van der Waals surface area contributed by atoms with Gasteiger partial charge in [-0.15, -0.1) is 0 Å². The van der Waals surface area contributed by atoms with E-state index in [-0.39, 0.29) is 5.91 Å². The number of nitrogens with one attached hydrogen (secondary N) is 1. The van der Waals surface area contributed by atoms with Crippen LogP contribution in [0.1, 0.15) is 23.5 Å². The Morgan fingerprint density at radius 2 is 2.06 bits per heavy atom. The van der Waals surface area contributed by atoms with E-state index >= 15 is 0 Å². The molecule has 92 valence electrons. The van der Waals surface area contributed by atoms with E-state index in [0.717, 1.165) is 5.69 Å². The van der Waals surface area contributed by atoms with Gasteiger partial charge in [0.2, 0.25) is 5.91 Å². The van der Waals surface area contributed by atoms with Gasteiger partial charge in [0.1, 0.15) is 11.7 Å². The minimum atomic E-state index is -0.473. The van der Waals surface area contributed by atoms with Gasteiger partial charge in [0.25, 0.3) is 0 Å². The summed E-state index contributed by atoms with van der Waals surface area (Å²) in [7, 11) is 0. The molecule has 2 rings (SSSR count). The van der Waals surface area contributed by atoms with Crippen LogP contribution in [0.2, 0.25) is 0 Å². The molecule has 5 heteroatoms. The van der Waals surface area contributed by atoms with Crippen molar-refractivity contribution in [1.29, 1.82) is 0 Å². The van der Waals surface area contributed by atoms with Gasteiger partial charge in [-0.2, -0.15) is 5.10 Å². The molecule has 0 bridgehead atoms. The van der Waals surface area contributed by atoms with Crippen molar-refractivity contribution in [1.82, 2.24) is 9.78 Å². The Bertz CT molecular complexity index is 548. The number of aldehydes is 1. The summed E-state index contributed by atoms with van der Waals surface area (Å²) in [5.41, 5.74) is 1.05. The molecule has 1 aromatic heterocycles. The molecule has 0 spiro atoms. The molecule has 1 N–H and O–H groups in total. The van der Waals surface area contributed by atoms with Crippen molar-refractivity contribution < 1.29 is 9.59 Å². The summed E-state index contributed by atoms with van der Waals surface area (Å²) < 4.78 is 1.46. The van der Waals surface area contributed by atoms with Gasteiger partial charge in [-0.05, 0) is 25.1 Å². The molecule has 1 amide bonds. The number of hydrogen-bond donors (Lipinski definition) is 1. The number of nitrogens with zero attached hydrogens (tertiary/aromatic N) is 2. The van der Waals surface area contributed by atoms with Crippen molar-refractivity contribution in [2.45, 2.75) is 13.0 Å². The lowest BCUT2D eigenvalue weighted by Gasteiger charge is -2.12. The van der Waals surface area contributed by atoms with E-state index in [4.69, 9.17) is 0 Å². The molecule has 0 radical (unpaired) electrons. The summed E-state index contributed by atoms with van der Waals surface area (Å²) in [6, 6.07) is 10.3. The number of benzene rings is 1. The number of aromatic nitrogens is 2. The SMILES string of the molecule is CC(C(=O)Nc1ccccc1)n1ccc(C=O)n1. The van der Waals surface area contributed by atoms with Crippen LogP contribution < -0.4 is 5.32 Å². The smallest absolute Gasteiger partial charge is 0.248 e. The molecule has 5 nitrogen and oxygen atoms in total. The second kappa shape index (κ2) is 5.27. The van der Waals surface area contributed by atoms with Gasteiger partial charge < -0.3 is 5.32 Å². The topological polar surface area (TPSA) is 64.0 Å². The highest BCUT2D eigenvalue weighted by Crippen LogP contribution is 2.11. The number of anilines is 1. The van der Waals surface area contributed by atoms with Crippen molar-refractivity contribution in [3.8, 4) is 0 Å². The van der Waals surface area contributed by atoms with Crippen LogP contribution >= 0.6 is 0 Å². The first-order valence-corrected chi connectivity index (χ1v) is 5.57. The Hall–Kier alpha value is -2.43. The van der Waals surface area contributed by atoms with Gasteiger partial charge in [-0.3, -0.25) is 14.3 Å². The van der Waals surface area contributed by atoms with Crippen molar-refractivity contribution >= 4 is 17.9 Å². The monoisotopic (exact) mass is 243 g/mol. The van der Waals surface area contributed by atoms with E-state index in [1.54, 1.807) is 19.2 Å². The fourth-order valence-electron chi connectivity index (χ4n) is 1.52. The lowest BCUT2D eigenvalue weighted by atomic mass is 10.3. The van der Waals surface area contributed by atoms with Crippen molar-refractivity contribution in [2.75, 3.05) is 5.32 Å². The highest BCUT2D eigenvalue weighted by Gasteiger charge is 2.15. The molecule has 1 unspecified atom stereocenters. The number of carbonyl (C=O) groups is 2. The maximum atomic E-state index is 12.0. The third-order valence-corrected chi connectivity index (χ3v) is 2.57. The Balaban J connectivity index is 2.07. The Morgan fingerprint density at radius 1 is 1.33 bits per heavy atom. The minimum absolute atomic E-state index is 0.179. The van der Waals surface area contributed by atoms with E-state index in [0.29, 0.717) is 12.0 Å². The molecule has 0 fully saturated rings. The molecule has 18 heavy (non-hydrogen) atoms. The van der Waals surface area contributed by atoms with Crippen molar-refractivity contribution in [3.63, 3.8) is 0 Å². The summed E-state index contributed by atoms with van der Waals surface area (Å²) in [6.07, 6.45) is 2.26. The van der Waals surface area contributed by atoms with Crippen LogP contribution in [-0.2, 0) is 4.79 Å². The first-order chi connectivity index (χ1) is 8.70. The van der Waals surface area contributed by atoms with Gasteiger partial charge in [0, 0.05) is 11.9 Å². The quantitative estimate of drug-likeness (QED) is 0.834. The maximum absolute atomic E-state index is 12.0. The lowest BCUT2D eigenvalue weighted by Crippen LogP contribution is -2.24. The van der Waals surface area contributed by atoms with Gasteiger partial charge in [-0.1, -0.05) is 18.2 Å². The van der Waals surface area contributed by atoms with Crippen LogP contribution in [0.4, 0.5) is 5.69 Å². The van der Waals surface area contributed by atoms with E-state index in [1.165, 1.54) is 4.68 Å². The molecule has 1 atom stereocenters. The Labute approximate surface area is 104 Å². The third-order valence-electron chi connectivity index (χ3n) is 2.57. The number of rotatable bonds is 4. The Kier molecular flexibility index (Phi) is 3.52. The first-order valence-electron chi connectivity index (χ1n) is 5.57. The Morgan fingerprint density at radius 3 is 2.67 bits per heavy atom. The fourth-order valence-corrected chi connectivity index (χ4v) is 1.52. The predicted molar refractivity (Wildman–Crippen MR) is 67.4 cm³/mol. The molecule has 0 aliphatic heterocycles. The average molecular weight is 243 g/mol. The van der Waals surface area contributed by atoms with Gasteiger partial charge in [-0.25, -0.2) is 0 Å². The van der Waals surface area contributed by atoms with Crippen molar-refractivity contribution in [2.24, 2.45) is 0 Å². The van der Waals surface area contributed by atoms with Crippen LogP contribution in [0.15, 0.2) is 42.6 Å². The largest absolute Gasteiger partial charge is 0.324 e. The fraction of sp³-hybridized carbons (Fsp3) is 0.154. The van der Waals surface area contributed by atoms with Crippen LogP contribution in [0.25, 0.3) is 0 Å². The van der Waals surface area contributed by atoms with E-state index in [2.05, 4.69) is 10.4 Å². The number of amides is 1. The normalized spacial score (nSPS) is 11.8. The van der Waals surface area contributed by atoms with Gasteiger partial charge in [0.15, 0.2) is 6.29 Å². The van der Waals surface area contributed by atoms with Crippen LogP contribution in [0.3, 0.4) is 0 Å². The summed E-state index contributed by atoms with van der Waals surface area (Å²) in [5.74, 6) is -0.179. The molecule has 0 saturated carbocycles. The molecule has 0 saturated heterocycles. The van der Waals surface area contributed by atoms with Crippen LogP contribution in [0, 0.1) is 0 Å². The number of carbonyl (C=O) groups excluding carboxylic acids is 2. The third kappa shape index (κ3) is 2.63. The molecule has 0 aliphatic rings.